The number of likely N-dealkylation sites (N-methyl/N-ethyl adjacent to an activating group) is 1. The van der Waals surface area contributed by atoms with Crippen LogP contribution in [-0.2, 0) is 9.59 Å². The van der Waals surface area contributed by atoms with Gasteiger partial charge in [0.25, 0.3) is 11.8 Å². The third-order valence-corrected chi connectivity index (χ3v) is 3.07. The maximum absolute atomic E-state index is 12.3. The zero-order valence-corrected chi connectivity index (χ0v) is 10.6. The molecule has 0 saturated carbocycles. The van der Waals surface area contributed by atoms with Gasteiger partial charge in [-0.1, -0.05) is 24.3 Å². The monoisotopic (exact) mass is 244 g/mol. The van der Waals surface area contributed by atoms with E-state index in [1.54, 1.807) is 29.8 Å². The standard InChI is InChI=1S/C14H16N2O2/c1-3-12-13(17)15(2)9-10-16(14(12)18)11-7-5-4-6-8-11/h3-8H,9-10H2,1-2H3. The Bertz CT molecular complexity index is 494. The van der Waals surface area contributed by atoms with Crippen LogP contribution in [0.25, 0.3) is 0 Å². The Labute approximate surface area is 106 Å². The van der Waals surface area contributed by atoms with E-state index in [1.807, 2.05) is 30.3 Å². The van der Waals surface area contributed by atoms with Crippen LogP contribution in [0.4, 0.5) is 5.69 Å². The minimum atomic E-state index is -0.224. The minimum absolute atomic E-state index is 0.207. The van der Waals surface area contributed by atoms with Gasteiger partial charge in [0.1, 0.15) is 5.57 Å². The molecule has 0 spiro atoms. The van der Waals surface area contributed by atoms with Gasteiger partial charge >= 0.3 is 0 Å². The fraction of sp³-hybridized carbons (Fsp3) is 0.286. The topological polar surface area (TPSA) is 40.6 Å². The number of nitrogens with zero attached hydrogens (tertiary/aromatic N) is 2. The predicted octanol–water partition coefficient (Wildman–Crippen LogP) is 1.44. The SMILES string of the molecule is CC=C1C(=O)N(C)CCN(c2ccccc2)C1=O. The summed E-state index contributed by atoms with van der Waals surface area (Å²) in [5, 5.41) is 0. The summed E-state index contributed by atoms with van der Waals surface area (Å²) in [5.74, 6) is -0.431. The van der Waals surface area contributed by atoms with Crippen molar-refractivity contribution in [1.82, 2.24) is 4.90 Å². The molecule has 1 aromatic carbocycles. The number of anilines is 1. The number of para-hydroxylation sites is 1. The Balaban J connectivity index is 2.39. The molecule has 2 rings (SSSR count). The Morgan fingerprint density at radius 2 is 1.72 bits per heavy atom. The maximum atomic E-state index is 12.3. The summed E-state index contributed by atoms with van der Waals surface area (Å²) in [6, 6.07) is 9.42. The first-order chi connectivity index (χ1) is 8.65. The number of hydrogen-bond acceptors (Lipinski definition) is 2. The summed E-state index contributed by atoms with van der Waals surface area (Å²) in [4.78, 5) is 27.5. The highest BCUT2D eigenvalue weighted by Crippen LogP contribution is 2.19. The van der Waals surface area contributed by atoms with Gasteiger partial charge in [0.15, 0.2) is 0 Å². The Morgan fingerprint density at radius 1 is 1.06 bits per heavy atom. The lowest BCUT2D eigenvalue weighted by Crippen LogP contribution is -2.33. The summed E-state index contributed by atoms with van der Waals surface area (Å²) in [7, 11) is 1.72. The van der Waals surface area contributed by atoms with E-state index in [2.05, 4.69) is 0 Å². The van der Waals surface area contributed by atoms with Crippen LogP contribution < -0.4 is 4.90 Å². The molecule has 1 aliphatic heterocycles. The van der Waals surface area contributed by atoms with Gasteiger partial charge in [-0.3, -0.25) is 9.59 Å². The van der Waals surface area contributed by atoms with E-state index >= 15 is 0 Å². The first-order valence-electron chi connectivity index (χ1n) is 5.94. The number of amides is 2. The van der Waals surface area contributed by atoms with Gasteiger partial charge in [0.2, 0.25) is 0 Å². The Hall–Kier alpha value is -2.10. The molecule has 0 atom stereocenters. The number of carbonyl (C=O) groups excluding carboxylic acids is 2. The van der Waals surface area contributed by atoms with E-state index in [4.69, 9.17) is 0 Å². The number of hydrogen-bond donors (Lipinski definition) is 0. The molecule has 1 aliphatic rings. The number of allylic oxidation sites excluding steroid dienone is 1. The van der Waals surface area contributed by atoms with Crippen LogP contribution in [-0.4, -0.2) is 36.9 Å². The van der Waals surface area contributed by atoms with Crippen molar-refractivity contribution in [3.63, 3.8) is 0 Å². The second-order valence-corrected chi connectivity index (χ2v) is 4.22. The smallest absolute Gasteiger partial charge is 0.263 e. The average Bonchev–Trinajstić information content (AvgIpc) is 2.50. The quantitative estimate of drug-likeness (QED) is 0.554. The van der Waals surface area contributed by atoms with E-state index in [0.29, 0.717) is 13.1 Å². The highest BCUT2D eigenvalue weighted by molar-refractivity contribution is 6.24. The molecule has 0 radical (unpaired) electrons. The molecule has 94 valence electrons. The van der Waals surface area contributed by atoms with Gasteiger partial charge in [-0.05, 0) is 19.1 Å². The average molecular weight is 244 g/mol. The van der Waals surface area contributed by atoms with Gasteiger partial charge in [-0.25, -0.2) is 0 Å². The predicted molar refractivity (Wildman–Crippen MR) is 70.2 cm³/mol. The highest BCUT2D eigenvalue weighted by Gasteiger charge is 2.30. The van der Waals surface area contributed by atoms with Crippen molar-refractivity contribution in [2.75, 3.05) is 25.0 Å². The molecule has 0 aromatic heterocycles. The summed E-state index contributed by atoms with van der Waals surface area (Å²) in [6.45, 7) is 2.77. The molecule has 1 aromatic rings. The molecular weight excluding hydrogens is 228 g/mol. The second kappa shape index (κ2) is 5.04. The molecule has 1 fully saturated rings. The molecule has 0 bridgehead atoms. The molecule has 4 heteroatoms. The zero-order chi connectivity index (χ0) is 13.1. The van der Waals surface area contributed by atoms with Crippen molar-refractivity contribution in [3.05, 3.63) is 42.0 Å². The fourth-order valence-corrected chi connectivity index (χ4v) is 2.00. The van der Waals surface area contributed by atoms with Crippen LogP contribution in [0.3, 0.4) is 0 Å². The van der Waals surface area contributed by atoms with E-state index in [9.17, 15) is 9.59 Å². The molecule has 18 heavy (non-hydrogen) atoms. The van der Waals surface area contributed by atoms with E-state index in [-0.39, 0.29) is 17.4 Å². The molecule has 0 unspecified atom stereocenters. The third-order valence-electron chi connectivity index (χ3n) is 3.07. The molecule has 0 aliphatic carbocycles. The van der Waals surface area contributed by atoms with Crippen LogP contribution >= 0.6 is 0 Å². The van der Waals surface area contributed by atoms with Crippen molar-refractivity contribution in [2.24, 2.45) is 0 Å². The van der Waals surface area contributed by atoms with E-state index in [1.165, 1.54) is 0 Å². The molecule has 1 saturated heterocycles. The van der Waals surface area contributed by atoms with Crippen molar-refractivity contribution in [1.29, 1.82) is 0 Å². The largest absolute Gasteiger partial charge is 0.340 e. The fourth-order valence-electron chi connectivity index (χ4n) is 2.00. The summed E-state index contributed by atoms with van der Waals surface area (Å²) in [5.41, 5.74) is 1.06. The van der Waals surface area contributed by atoms with Crippen LogP contribution in [0, 0.1) is 0 Å². The van der Waals surface area contributed by atoms with Crippen LogP contribution in [0.2, 0.25) is 0 Å². The van der Waals surface area contributed by atoms with Gasteiger partial charge in [-0.15, -0.1) is 0 Å². The van der Waals surface area contributed by atoms with Crippen LogP contribution in [0.15, 0.2) is 42.0 Å². The second-order valence-electron chi connectivity index (χ2n) is 4.22. The number of carbonyl (C=O) groups is 2. The maximum Gasteiger partial charge on any atom is 0.263 e. The minimum Gasteiger partial charge on any atom is -0.340 e. The summed E-state index contributed by atoms with van der Waals surface area (Å²) in [6.07, 6.45) is 1.59. The van der Waals surface area contributed by atoms with Gasteiger partial charge in [-0.2, -0.15) is 0 Å². The molecular formula is C14H16N2O2. The van der Waals surface area contributed by atoms with Crippen molar-refractivity contribution in [3.8, 4) is 0 Å². The Kier molecular flexibility index (Phi) is 3.46. The zero-order valence-electron chi connectivity index (χ0n) is 10.6. The molecule has 2 amide bonds. The van der Waals surface area contributed by atoms with Gasteiger partial charge in [0.05, 0.1) is 0 Å². The highest BCUT2D eigenvalue weighted by atomic mass is 16.2. The Morgan fingerprint density at radius 3 is 2.33 bits per heavy atom. The number of rotatable bonds is 1. The first-order valence-corrected chi connectivity index (χ1v) is 5.94. The van der Waals surface area contributed by atoms with Gasteiger partial charge < -0.3 is 9.80 Å². The van der Waals surface area contributed by atoms with Crippen molar-refractivity contribution < 1.29 is 9.59 Å². The summed E-state index contributed by atoms with van der Waals surface area (Å²) >= 11 is 0. The van der Waals surface area contributed by atoms with Crippen molar-refractivity contribution >= 4 is 17.5 Å². The normalized spacial score (nSPS) is 19.3. The van der Waals surface area contributed by atoms with Crippen molar-refractivity contribution in [2.45, 2.75) is 6.92 Å². The van der Waals surface area contributed by atoms with E-state index < -0.39 is 0 Å². The lowest BCUT2D eigenvalue weighted by Gasteiger charge is -2.20. The summed E-state index contributed by atoms with van der Waals surface area (Å²) < 4.78 is 0. The molecule has 4 nitrogen and oxygen atoms in total. The van der Waals surface area contributed by atoms with Gasteiger partial charge in [0, 0.05) is 25.8 Å². The number of benzene rings is 1. The third kappa shape index (κ3) is 2.14. The van der Waals surface area contributed by atoms with E-state index in [0.717, 1.165) is 5.69 Å². The lowest BCUT2D eigenvalue weighted by atomic mass is 10.2. The molecule has 0 N–H and O–H groups in total. The van der Waals surface area contributed by atoms with Crippen LogP contribution in [0.5, 0.6) is 0 Å². The first kappa shape index (κ1) is 12.4. The lowest BCUT2D eigenvalue weighted by molar-refractivity contribution is -0.127. The van der Waals surface area contributed by atoms with Crippen LogP contribution in [0.1, 0.15) is 6.92 Å². The molecule has 1 heterocycles.